The third-order valence-corrected chi connectivity index (χ3v) is 3.07. The van der Waals surface area contributed by atoms with Gasteiger partial charge in [0.1, 0.15) is 12.2 Å². The van der Waals surface area contributed by atoms with E-state index in [4.69, 9.17) is 5.11 Å². The van der Waals surface area contributed by atoms with Crippen molar-refractivity contribution in [3.05, 3.63) is 59.4 Å². The van der Waals surface area contributed by atoms with Gasteiger partial charge in [0.05, 0.1) is 0 Å². The Morgan fingerprint density at radius 3 is 2.65 bits per heavy atom. The number of carbonyl (C=O) groups excluding carboxylic acids is 1. The lowest BCUT2D eigenvalue weighted by Gasteiger charge is -2.09. The third-order valence-electron chi connectivity index (χ3n) is 3.07. The largest absolute Gasteiger partial charge is 0.480 e. The monoisotopic (exact) mass is 272 g/mol. The number of nitrogens with one attached hydrogen (secondary N) is 1. The summed E-state index contributed by atoms with van der Waals surface area (Å²) < 4.78 is 1.41. The molecule has 1 amide bonds. The molecule has 1 heterocycles. The zero-order chi connectivity index (χ0) is 14.5. The smallest absolute Gasteiger partial charge is 0.323 e. The van der Waals surface area contributed by atoms with E-state index in [1.54, 1.807) is 18.3 Å². The van der Waals surface area contributed by atoms with Gasteiger partial charge in [-0.2, -0.15) is 0 Å². The summed E-state index contributed by atoms with van der Waals surface area (Å²) in [7, 11) is 0. The van der Waals surface area contributed by atoms with Gasteiger partial charge in [0.2, 0.25) is 0 Å². The van der Waals surface area contributed by atoms with Crippen molar-refractivity contribution in [1.29, 1.82) is 0 Å². The first-order chi connectivity index (χ1) is 9.58. The third kappa shape index (κ3) is 3.26. The van der Waals surface area contributed by atoms with Crippen LogP contribution in [-0.4, -0.2) is 21.6 Å². The van der Waals surface area contributed by atoms with Crippen LogP contribution in [0.4, 0.5) is 0 Å². The van der Waals surface area contributed by atoms with Crippen LogP contribution in [0.25, 0.3) is 0 Å². The highest BCUT2D eigenvalue weighted by atomic mass is 16.4. The molecule has 1 aromatic carbocycles. The zero-order valence-corrected chi connectivity index (χ0v) is 11.2. The van der Waals surface area contributed by atoms with Crippen molar-refractivity contribution in [3.63, 3.8) is 0 Å². The minimum Gasteiger partial charge on any atom is -0.480 e. The lowest BCUT2D eigenvalue weighted by atomic mass is 10.1. The summed E-state index contributed by atoms with van der Waals surface area (Å²) in [5.74, 6) is -1.26. The number of aryl methyl sites for hydroxylation is 1. The molecule has 0 atom stereocenters. The molecule has 2 N–H and O–H groups in total. The van der Waals surface area contributed by atoms with E-state index in [1.807, 2.05) is 31.2 Å². The molecule has 0 radical (unpaired) electrons. The number of benzene rings is 1. The van der Waals surface area contributed by atoms with Crippen molar-refractivity contribution in [1.82, 2.24) is 9.88 Å². The summed E-state index contributed by atoms with van der Waals surface area (Å²) in [5.41, 5.74) is 2.49. The Labute approximate surface area is 116 Å². The Kier molecular flexibility index (Phi) is 4.20. The quantitative estimate of drug-likeness (QED) is 0.872. The Balaban J connectivity index is 2.04. The van der Waals surface area contributed by atoms with Crippen LogP contribution in [0.1, 0.15) is 21.6 Å². The molecule has 0 saturated heterocycles. The molecular formula is C15H16N2O3. The highest BCUT2D eigenvalue weighted by Gasteiger charge is 2.12. The van der Waals surface area contributed by atoms with Gasteiger partial charge >= 0.3 is 5.97 Å². The van der Waals surface area contributed by atoms with Crippen LogP contribution >= 0.6 is 0 Å². The lowest BCUT2D eigenvalue weighted by molar-refractivity contribution is -0.137. The second-order valence-electron chi connectivity index (χ2n) is 4.52. The van der Waals surface area contributed by atoms with E-state index in [9.17, 15) is 9.59 Å². The number of hydrogen-bond donors (Lipinski definition) is 2. The second-order valence-corrected chi connectivity index (χ2v) is 4.52. The number of hydrogen-bond acceptors (Lipinski definition) is 2. The molecule has 20 heavy (non-hydrogen) atoms. The van der Waals surface area contributed by atoms with Crippen LogP contribution in [-0.2, 0) is 17.9 Å². The zero-order valence-electron chi connectivity index (χ0n) is 11.2. The molecule has 5 heteroatoms. The van der Waals surface area contributed by atoms with Crippen LogP contribution in [0, 0.1) is 6.92 Å². The number of nitrogens with zero attached hydrogens (tertiary/aromatic N) is 1. The first-order valence-corrected chi connectivity index (χ1v) is 6.27. The van der Waals surface area contributed by atoms with Crippen LogP contribution in [0.3, 0.4) is 0 Å². The Morgan fingerprint density at radius 1 is 1.20 bits per heavy atom. The maximum absolute atomic E-state index is 12.1. The summed E-state index contributed by atoms with van der Waals surface area (Å²) in [6.07, 6.45) is 1.58. The molecule has 1 aromatic heterocycles. The molecule has 0 aliphatic carbocycles. The highest BCUT2D eigenvalue weighted by Crippen LogP contribution is 2.07. The number of carboxylic acid groups (broad SMARTS) is 1. The standard InChI is InChI=1S/C15H16N2O3/c1-11-5-2-3-6-12(11)9-16-15(20)13-7-4-8-17(13)10-14(18)19/h2-8H,9-10H2,1H3,(H,16,20)(H,18,19). The Hall–Kier alpha value is -2.56. The van der Waals surface area contributed by atoms with Crippen LogP contribution in [0.5, 0.6) is 0 Å². The van der Waals surface area contributed by atoms with Gasteiger partial charge in [-0.25, -0.2) is 0 Å². The molecule has 0 fully saturated rings. The van der Waals surface area contributed by atoms with Gasteiger partial charge in [-0.05, 0) is 30.2 Å². The molecule has 0 unspecified atom stereocenters. The molecule has 0 aliphatic heterocycles. The molecular weight excluding hydrogens is 256 g/mol. The maximum Gasteiger partial charge on any atom is 0.323 e. The highest BCUT2D eigenvalue weighted by molar-refractivity contribution is 5.93. The minimum absolute atomic E-state index is 0.222. The topological polar surface area (TPSA) is 71.3 Å². The maximum atomic E-state index is 12.1. The van der Waals surface area contributed by atoms with Crippen molar-refractivity contribution in [2.75, 3.05) is 0 Å². The van der Waals surface area contributed by atoms with Crippen molar-refractivity contribution in [3.8, 4) is 0 Å². The molecule has 5 nitrogen and oxygen atoms in total. The molecule has 0 spiro atoms. The van der Waals surface area contributed by atoms with Crippen molar-refractivity contribution < 1.29 is 14.7 Å². The van der Waals surface area contributed by atoms with Gasteiger partial charge < -0.3 is 15.0 Å². The molecule has 2 rings (SSSR count). The predicted molar refractivity (Wildman–Crippen MR) is 74.4 cm³/mol. The summed E-state index contributed by atoms with van der Waals surface area (Å²) in [6, 6.07) is 11.1. The van der Waals surface area contributed by atoms with Gasteiger partial charge in [0, 0.05) is 12.7 Å². The van der Waals surface area contributed by atoms with E-state index in [0.717, 1.165) is 11.1 Å². The molecule has 2 aromatic rings. The van der Waals surface area contributed by atoms with E-state index in [-0.39, 0.29) is 12.5 Å². The number of aromatic nitrogens is 1. The van der Waals surface area contributed by atoms with Gasteiger partial charge in [-0.3, -0.25) is 9.59 Å². The predicted octanol–water partition coefficient (Wildman–Crippen LogP) is 1.81. The van der Waals surface area contributed by atoms with E-state index in [1.165, 1.54) is 4.57 Å². The molecule has 0 saturated carbocycles. The van der Waals surface area contributed by atoms with Crippen molar-refractivity contribution in [2.24, 2.45) is 0 Å². The summed E-state index contributed by atoms with van der Waals surface area (Å²) in [6.45, 7) is 2.18. The number of aliphatic carboxylic acids is 1. The SMILES string of the molecule is Cc1ccccc1CNC(=O)c1cccn1CC(=O)O. The number of carbonyl (C=O) groups is 2. The summed E-state index contributed by atoms with van der Waals surface area (Å²) in [4.78, 5) is 22.8. The van der Waals surface area contributed by atoms with Gasteiger partial charge in [-0.1, -0.05) is 24.3 Å². The van der Waals surface area contributed by atoms with Gasteiger partial charge in [0.25, 0.3) is 5.91 Å². The molecule has 104 valence electrons. The fourth-order valence-corrected chi connectivity index (χ4v) is 1.98. The fraction of sp³-hybridized carbons (Fsp3) is 0.200. The Bertz CT molecular complexity index is 632. The van der Waals surface area contributed by atoms with Crippen molar-refractivity contribution in [2.45, 2.75) is 20.0 Å². The number of amides is 1. The summed E-state index contributed by atoms with van der Waals surface area (Å²) >= 11 is 0. The molecule has 0 bridgehead atoms. The second kappa shape index (κ2) is 6.06. The summed E-state index contributed by atoms with van der Waals surface area (Å²) in [5, 5.41) is 11.6. The van der Waals surface area contributed by atoms with Gasteiger partial charge in [-0.15, -0.1) is 0 Å². The van der Waals surface area contributed by atoms with Gasteiger partial charge in [0.15, 0.2) is 0 Å². The van der Waals surface area contributed by atoms with E-state index in [0.29, 0.717) is 12.2 Å². The van der Waals surface area contributed by atoms with Crippen LogP contribution < -0.4 is 5.32 Å². The van der Waals surface area contributed by atoms with E-state index >= 15 is 0 Å². The molecule has 0 aliphatic rings. The number of rotatable bonds is 5. The Morgan fingerprint density at radius 2 is 1.95 bits per heavy atom. The fourth-order valence-electron chi connectivity index (χ4n) is 1.98. The first-order valence-electron chi connectivity index (χ1n) is 6.27. The average Bonchev–Trinajstić information content (AvgIpc) is 2.85. The van der Waals surface area contributed by atoms with Crippen LogP contribution in [0.15, 0.2) is 42.6 Å². The number of carboxylic acids is 1. The van der Waals surface area contributed by atoms with Crippen LogP contribution in [0.2, 0.25) is 0 Å². The average molecular weight is 272 g/mol. The first kappa shape index (κ1) is 13.9. The minimum atomic E-state index is -0.978. The normalized spacial score (nSPS) is 10.2. The van der Waals surface area contributed by atoms with E-state index < -0.39 is 5.97 Å². The van der Waals surface area contributed by atoms with Crippen molar-refractivity contribution >= 4 is 11.9 Å². The van der Waals surface area contributed by atoms with E-state index in [2.05, 4.69) is 5.32 Å². The lowest BCUT2D eigenvalue weighted by Crippen LogP contribution is -2.26.